The average molecular weight is 178 g/mol. The van der Waals surface area contributed by atoms with Gasteiger partial charge in [0.05, 0.1) is 6.54 Å². The number of nitrogens with two attached hydrogens (primary N) is 1. The molecule has 1 atom stereocenters. The second kappa shape index (κ2) is 7.96. The van der Waals surface area contributed by atoms with E-state index in [0.717, 1.165) is 0 Å². The molecule has 0 fully saturated rings. The first kappa shape index (κ1) is 13.4. The van der Waals surface area contributed by atoms with Crippen LogP contribution in [0.3, 0.4) is 0 Å². The van der Waals surface area contributed by atoms with Crippen LogP contribution < -0.4 is 11.1 Å². The molecule has 12 heavy (non-hydrogen) atoms. The third kappa shape index (κ3) is 15.9. The van der Waals surface area contributed by atoms with Crippen molar-refractivity contribution in [1.29, 1.82) is 0 Å². The zero-order chi connectivity index (χ0) is 10.1. The van der Waals surface area contributed by atoms with Crippen LogP contribution in [0.2, 0.25) is 0 Å². The van der Waals surface area contributed by atoms with Gasteiger partial charge in [-0.3, -0.25) is 9.59 Å². The van der Waals surface area contributed by atoms with Crippen LogP contribution in [0, 0.1) is 0 Å². The number of hydrogen-bond donors (Lipinski definition) is 4. The Balaban J connectivity index is 0. The molecule has 0 heterocycles. The highest BCUT2D eigenvalue weighted by molar-refractivity contribution is 5.72. The minimum Gasteiger partial charge on any atom is -0.480 e. The molecule has 0 unspecified atom stereocenters. The molecular weight excluding hydrogens is 164 g/mol. The lowest BCUT2D eigenvalue weighted by Crippen LogP contribution is -2.25. The fourth-order valence-electron chi connectivity index (χ4n) is 0.151. The van der Waals surface area contributed by atoms with Gasteiger partial charge in [0.2, 0.25) is 0 Å². The van der Waals surface area contributed by atoms with Crippen molar-refractivity contribution in [1.82, 2.24) is 5.32 Å². The first-order chi connectivity index (χ1) is 5.41. The molecule has 0 amide bonds. The molecule has 6 nitrogen and oxygen atoms in total. The molecule has 5 N–H and O–H groups in total. The maximum absolute atomic E-state index is 9.57. The summed E-state index contributed by atoms with van der Waals surface area (Å²) in [5, 5.41) is 18.2. The van der Waals surface area contributed by atoms with Crippen LogP contribution in [-0.2, 0) is 9.59 Å². The molecule has 0 aliphatic rings. The highest BCUT2D eigenvalue weighted by Gasteiger charge is 1.99. The van der Waals surface area contributed by atoms with Gasteiger partial charge < -0.3 is 21.3 Å². The normalized spacial score (nSPS) is 10.9. The smallest absolute Gasteiger partial charge is 0.320 e. The summed E-state index contributed by atoms with van der Waals surface area (Å²) in [6, 6.07) is -0.731. The molecule has 0 rings (SSSR count). The molecule has 0 bridgehead atoms. The fraction of sp³-hybridized carbons (Fsp3) is 0.667. The average Bonchev–Trinajstić information content (AvgIpc) is 1.87. The van der Waals surface area contributed by atoms with E-state index in [9.17, 15) is 9.59 Å². The maximum Gasteiger partial charge on any atom is 0.320 e. The largest absolute Gasteiger partial charge is 0.480 e. The first-order valence-corrected chi connectivity index (χ1v) is 3.26. The highest BCUT2D eigenvalue weighted by Crippen LogP contribution is 1.68. The van der Waals surface area contributed by atoms with Crippen LogP contribution >= 0.6 is 0 Å². The van der Waals surface area contributed by atoms with Crippen LogP contribution in [0.15, 0.2) is 0 Å². The quantitative estimate of drug-likeness (QED) is 0.427. The zero-order valence-electron chi connectivity index (χ0n) is 7.07. The summed E-state index contributed by atoms with van der Waals surface area (Å²) in [4.78, 5) is 19.1. The van der Waals surface area contributed by atoms with E-state index in [-0.39, 0.29) is 6.54 Å². The molecule has 0 saturated heterocycles. The van der Waals surface area contributed by atoms with E-state index in [4.69, 9.17) is 15.9 Å². The molecule has 6 heteroatoms. The lowest BCUT2D eigenvalue weighted by atomic mass is 10.4. The number of hydrogen-bond acceptors (Lipinski definition) is 4. The van der Waals surface area contributed by atoms with E-state index < -0.39 is 18.0 Å². The predicted molar refractivity (Wildman–Crippen MR) is 42.8 cm³/mol. The Kier molecular flexibility index (Phi) is 8.92. The summed E-state index contributed by atoms with van der Waals surface area (Å²) in [6.45, 7) is 1.46. The fourth-order valence-corrected chi connectivity index (χ4v) is 0.151. The zero-order valence-corrected chi connectivity index (χ0v) is 7.07. The third-order valence-corrected chi connectivity index (χ3v) is 0.718. The summed E-state index contributed by atoms with van der Waals surface area (Å²) in [6.07, 6.45) is 0. The molecule has 0 aromatic heterocycles. The van der Waals surface area contributed by atoms with Crippen LogP contribution in [-0.4, -0.2) is 41.8 Å². The highest BCUT2D eigenvalue weighted by atomic mass is 16.4. The standard InChI is InChI=1S/2C3H7NO2/c1-4-2-3(5)6;1-2(4)3(5)6/h4H,2H2,1H3,(H,5,6);2H,4H2,1H3,(H,5,6)/t;2-/m.0/s1. The van der Waals surface area contributed by atoms with Crippen molar-refractivity contribution in [3.8, 4) is 0 Å². The number of likely N-dealkylation sites (N-methyl/N-ethyl adjacent to an activating group) is 1. The number of aliphatic carboxylic acids is 2. The van der Waals surface area contributed by atoms with E-state index >= 15 is 0 Å². The predicted octanol–water partition coefficient (Wildman–Crippen LogP) is -1.29. The number of carboxylic acids is 2. The van der Waals surface area contributed by atoms with Crippen molar-refractivity contribution in [2.45, 2.75) is 13.0 Å². The van der Waals surface area contributed by atoms with Gasteiger partial charge in [0.15, 0.2) is 0 Å². The van der Waals surface area contributed by atoms with Crippen molar-refractivity contribution < 1.29 is 19.8 Å². The monoisotopic (exact) mass is 178 g/mol. The summed E-state index contributed by atoms with van der Waals surface area (Å²) in [7, 11) is 1.59. The second-order valence-corrected chi connectivity index (χ2v) is 2.05. The lowest BCUT2D eigenvalue weighted by Gasteiger charge is -1.90. The van der Waals surface area contributed by atoms with Gasteiger partial charge >= 0.3 is 11.9 Å². The van der Waals surface area contributed by atoms with Crippen molar-refractivity contribution in [2.24, 2.45) is 5.73 Å². The van der Waals surface area contributed by atoms with Crippen LogP contribution in [0.25, 0.3) is 0 Å². The second-order valence-electron chi connectivity index (χ2n) is 2.05. The number of carboxylic acid groups (broad SMARTS) is 2. The van der Waals surface area contributed by atoms with Crippen molar-refractivity contribution >= 4 is 11.9 Å². The Morgan fingerprint density at radius 2 is 1.83 bits per heavy atom. The van der Waals surface area contributed by atoms with E-state index in [1.807, 2.05) is 0 Å². The van der Waals surface area contributed by atoms with Gasteiger partial charge in [0.25, 0.3) is 0 Å². The first-order valence-electron chi connectivity index (χ1n) is 3.26. The van der Waals surface area contributed by atoms with Gasteiger partial charge in [-0.2, -0.15) is 0 Å². The summed E-state index contributed by atoms with van der Waals surface area (Å²) in [5.74, 6) is -1.78. The van der Waals surface area contributed by atoms with E-state index in [1.165, 1.54) is 6.92 Å². The minimum absolute atomic E-state index is 0.0417. The maximum atomic E-state index is 9.57. The molecule has 0 aliphatic carbocycles. The van der Waals surface area contributed by atoms with Crippen LogP contribution in [0.5, 0.6) is 0 Å². The van der Waals surface area contributed by atoms with Crippen molar-refractivity contribution in [2.75, 3.05) is 13.6 Å². The Morgan fingerprint density at radius 3 is 1.83 bits per heavy atom. The molecule has 0 aromatic carbocycles. The molecule has 0 spiro atoms. The Bertz CT molecular complexity index is 146. The molecule has 0 saturated carbocycles. The number of rotatable bonds is 3. The summed E-state index contributed by atoms with van der Waals surface area (Å²) >= 11 is 0. The van der Waals surface area contributed by atoms with Gasteiger partial charge in [-0.15, -0.1) is 0 Å². The SMILES string of the molecule is CNCC(=O)O.C[C@H](N)C(=O)O. The van der Waals surface area contributed by atoms with Crippen molar-refractivity contribution in [3.63, 3.8) is 0 Å². The third-order valence-electron chi connectivity index (χ3n) is 0.718. The van der Waals surface area contributed by atoms with Gasteiger partial charge in [-0.25, -0.2) is 0 Å². The molecule has 0 aliphatic heterocycles. The number of nitrogens with one attached hydrogen (secondary N) is 1. The lowest BCUT2D eigenvalue weighted by molar-refractivity contribution is -0.138. The van der Waals surface area contributed by atoms with Crippen molar-refractivity contribution in [3.05, 3.63) is 0 Å². The molecule has 0 radical (unpaired) electrons. The number of carbonyl (C=O) groups is 2. The van der Waals surface area contributed by atoms with E-state index in [1.54, 1.807) is 7.05 Å². The van der Waals surface area contributed by atoms with Gasteiger partial charge in [0.1, 0.15) is 6.04 Å². The molecule has 72 valence electrons. The van der Waals surface area contributed by atoms with Crippen LogP contribution in [0.4, 0.5) is 0 Å². The minimum atomic E-state index is -0.963. The van der Waals surface area contributed by atoms with Gasteiger partial charge in [-0.05, 0) is 14.0 Å². The van der Waals surface area contributed by atoms with Gasteiger partial charge in [0, 0.05) is 0 Å². The molecule has 0 aromatic rings. The Morgan fingerprint density at radius 1 is 1.50 bits per heavy atom. The molecular formula is C6H14N2O4. The summed E-state index contributed by atoms with van der Waals surface area (Å²) < 4.78 is 0. The topological polar surface area (TPSA) is 113 Å². The Hall–Kier alpha value is -1.14. The van der Waals surface area contributed by atoms with Crippen LogP contribution in [0.1, 0.15) is 6.92 Å². The van der Waals surface area contributed by atoms with E-state index in [2.05, 4.69) is 5.32 Å². The summed E-state index contributed by atoms with van der Waals surface area (Å²) in [5.41, 5.74) is 4.84. The Labute approximate surface area is 70.4 Å². The van der Waals surface area contributed by atoms with Gasteiger partial charge in [-0.1, -0.05) is 0 Å². The van der Waals surface area contributed by atoms with E-state index in [0.29, 0.717) is 0 Å².